The summed E-state index contributed by atoms with van der Waals surface area (Å²) in [5.41, 5.74) is 1.08. The number of rotatable bonds is 7. The van der Waals surface area contributed by atoms with Gasteiger partial charge in [0.15, 0.2) is 17.6 Å². The number of hydrogen-bond acceptors (Lipinski definition) is 6. The molecule has 1 heterocycles. The number of para-hydroxylation sites is 1. The number of methoxy groups -OCH3 is 1. The summed E-state index contributed by atoms with van der Waals surface area (Å²) in [6.45, 7) is 1.44. The fourth-order valence-corrected chi connectivity index (χ4v) is 3.76. The van der Waals surface area contributed by atoms with Gasteiger partial charge in [-0.1, -0.05) is 41.9 Å². The van der Waals surface area contributed by atoms with Gasteiger partial charge >= 0.3 is 5.97 Å². The highest BCUT2D eigenvalue weighted by atomic mass is 35.5. The Morgan fingerprint density at radius 2 is 1.97 bits per heavy atom. The first-order chi connectivity index (χ1) is 14.3. The summed E-state index contributed by atoms with van der Waals surface area (Å²) in [4.78, 5) is 37.8. The normalized spacial score (nSPS) is 16.1. The van der Waals surface area contributed by atoms with E-state index >= 15 is 0 Å². The maximum Gasteiger partial charge on any atom is 0.344 e. The number of benzene rings is 2. The van der Waals surface area contributed by atoms with Gasteiger partial charge in [-0.05, 0) is 42.5 Å². The Bertz CT molecular complexity index is 1040. The molecule has 2 aromatic carbocycles. The average molecular weight is 448 g/mol. The minimum absolute atomic E-state index is 0.0548. The van der Waals surface area contributed by atoms with Gasteiger partial charge in [0, 0.05) is 10.6 Å². The minimum atomic E-state index is -1.15. The number of thioether (sulfide) groups is 1. The molecule has 0 bridgehead atoms. The third-order valence-electron chi connectivity index (χ3n) is 4.32. The lowest BCUT2D eigenvalue weighted by Crippen LogP contribution is -2.27. The van der Waals surface area contributed by atoms with Crippen LogP contribution in [0.25, 0.3) is 6.08 Å². The number of ether oxygens (including phenoxy) is 2. The minimum Gasteiger partial charge on any atom is -0.493 e. The van der Waals surface area contributed by atoms with Crippen LogP contribution in [0.4, 0.5) is 4.79 Å². The monoisotopic (exact) mass is 447 g/mol. The second-order valence-electron chi connectivity index (χ2n) is 6.34. The molecule has 30 heavy (non-hydrogen) atoms. The number of carboxylic acid groups (broad SMARTS) is 1. The number of imide groups is 1. The lowest BCUT2D eigenvalue weighted by atomic mass is 10.1. The van der Waals surface area contributed by atoms with Crippen molar-refractivity contribution in [2.75, 3.05) is 7.11 Å². The molecule has 0 aliphatic carbocycles. The van der Waals surface area contributed by atoms with Gasteiger partial charge in [0.2, 0.25) is 0 Å². The maximum atomic E-state index is 12.8. The SMILES string of the molecule is COc1cccc(/C=C2\SC(=O)N(Cc3ccccc3Cl)C2=O)c1O[C@H](C)C(=O)O. The van der Waals surface area contributed by atoms with Crippen LogP contribution in [0.5, 0.6) is 11.5 Å². The first-order valence-electron chi connectivity index (χ1n) is 8.87. The summed E-state index contributed by atoms with van der Waals surface area (Å²) >= 11 is 6.94. The van der Waals surface area contributed by atoms with Crippen LogP contribution in [0, 0.1) is 0 Å². The van der Waals surface area contributed by atoms with Gasteiger partial charge in [0.1, 0.15) is 0 Å². The van der Waals surface area contributed by atoms with E-state index in [9.17, 15) is 14.4 Å². The molecule has 3 rings (SSSR count). The molecule has 1 N–H and O–H groups in total. The number of nitrogens with zero attached hydrogens (tertiary/aromatic N) is 1. The summed E-state index contributed by atoms with van der Waals surface area (Å²) in [6.07, 6.45) is 0.355. The summed E-state index contributed by atoms with van der Waals surface area (Å²) in [5, 5.41) is 9.20. The first kappa shape index (κ1) is 21.7. The number of carbonyl (C=O) groups excluding carboxylic acids is 2. The zero-order valence-corrected chi connectivity index (χ0v) is 17.7. The molecule has 0 unspecified atom stereocenters. The second kappa shape index (κ2) is 9.23. The van der Waals surface area contributed by atoms with E-state index in [2.05, 4.69) is 0 Å². The van der Waals surface area contributed by atoms with Gasteiger partial charge in [-0.15, -0.1) is 0 Å². The summed E-state index contributed by atoms with van der Waals surface area (Å²) in [7, 11) is 1.43. The van der Waals surface area contributed by atoms with Crippen molar-refractivity contribution in [3.63, 3.8) is 0 Å². The van der Waals surface area contributed by atoms with Crippen LogP contribution in [0.2, 0.25) is 5.02 Å². The van der Waals surface area contributed by atoms with E-state index in [1.165, 1.54) is 20.1 Å². The second-order valence-corrected chi connectivity index (χ2v) is 7.74. The highest BCUT2D eigenvalue weighted by Gasteiger charge is 2.35. The smallest absolute Gasteiger partial charge is 0.344 e. The van der Waals surface area contributed by atoms with E-state index in [0.717, 1.165) is 16.7 Å². The number of aliphatic carboxylic acids is 1. The number of carbonyl (C=O) groups is 3. The molecule has 1 saturated heterocycles. The van der Waals surface area contributed by atoms with Gasteiger partial charge in [0.05, 0.1) is 18.6 Å². The number of halogens is 1. The fourth-order valence-electron chi connectivity index (χ4n) is 2.74. The molecular weight excluding hydrogens is 430 g/mol. The van der Waals surface area contributed by atoms with E-state index in [1.807, 2.05) is 0 Å². The summed E-state index contributed by atoms with van der Waals surface area (Å²) < 4.78 is 10.8. The predicted octanol–water partition coefficient (Wildman–Crippen LogP) is 4.44. The van der Waals surface area contributed by atoms with E-state index in [4.69, 9.17) is 26.2 Å². The van der Waals surface area contributed by atoms with E-state index in [-0.39, 0.29) is 17.2 Å². The van der Waals surface area contributed by atoms with Crippen molar-refractivity contribution >= 4 is 46.6 Å². The molecule has 0 spiro atoms. The van der Waals surface area contributed by atoms with Crippen molar-refractivity contribution in [1.29, 1.82) is 0 Å². The molecule has 1 aliphatic rings. The third kappa shape index (κ3) is 4.60. The van der Waals surface area contributed by atoms with Gasteiger partial charge in [-0.25, -0.2) is 4.79 Å². The summed E-state index contributed by atoms with van der Waals surface area (Å²) in [6, 6.07) is 11.9. The Hall–Kier alpha value is -2.97. The summed E-state index contributed by atoms with van der Waals surface area (Å²) in [5.74, 6) is -1.13. The number of carboxylic acids is 1. The Morgan fingerprint density at radius 1 is 1.23 bits per heavy atom. The average Bonchev–Trinajstić information content (AvgIpc) is 2.98. The van der Waals surface area contributed by atoms with Crippen molar-refractivity contribution in [3.05, 3.63) is 63.5 Å². The molecule has 2 aromatic rings. The maximum absolute atomic E-state index is 12.8. The number of amides is 2. The first-order valence-corrected chi connectivity index (χ1v) is 10.1. The largest absolute Gasteiger partial charge is 0.493 e. The Kier molecular flexibility index (Phi) is 6.69. The topological polar surface area (TPSA) is 93.1 Å². The molecule has 1 aliphatic heterocycles. The zero-order chi connectivity index (χ0) is 21.8. The molecular formula is C21H18ClNO6S. The standard InChI is InChI=1S/C21H18ClNO6S/c1-12(20(25)26)29-18-13(7-5-9-16(18)28-2)10-17-19(24)23(21(27)30-17)11-14-6-3-4-8-15(14)22/h3-10,12H,11H2,1-2H3,(H,25,26)/b17-10-/t12-/m1/s1. The number of hydrogen-bond donors (Lipinski definition) is 1. The molecule has 9 heteroatoms. The zero-order valence-electron chi connectivity index (χ0n) is 16.1. The molecule has 1 atom stereocenters. The molecule has 2 amide bonds. The molecule has 0 saturated carbocycles. The Labute approximate surface area is 182 Å². The molecule has 7 nitrogen and oxygen atoms in total. The molecule has 156 valence electrons. The van der Waals surface area contributed by atoms with Crippen LogP contribution >= 0.6 is 23.4 Å². The van der Waals surface area contributed by atoms with Crippen molar-refractivity contribution in [1.82, 2.24) is 4.90 Å². The van der Waals surface area contributed by atoms with Crippen molar-refractivity contribution in [2.45, 2.75) is 19.6 Å². The van der Waals surface area contributed by atoms with E-state index < -0.39 is 23.2 Å². The lowest BCUT2D eigenvalue weighted by molar-refractivity contribution is -0.144. The van der Waals surface area contributed by atoms with Crippen LogP contribution in [0.15, 0.2) is 47.4 Å². The molecule has 0 aromatic heterocycles. The Morgan fingerprint density at radius 3 is 2.63 bits per heavy atom. The third-order valence-corrected chi connectivity index (χ3v) is 5.59. The Balaban J connectivity index is 1.92. The molecule has 1 fully saturated rings. The van der Waals surface area contributed by atoms with E-state index in [0.29, 0.717) is 21.9 Å². The predicted molar refractivity (Wildman–Crippen MR) is 114 cm³/mol. The van der Waals surface area contributed by atoms with Gasteiger partial charge in [-0.2, -0.15) is 0 Å². The van der Waals surface area contributed by atoms with Crippen LogP contribution in [0.1, 0.15) is 18.1 Å². The van der Waals surface area contributed by atoms with Crippen LogP contribution in [0.3, 0.4) is 0 Å². The highest BCUT2D eigenvalue weighted by Crippen LogP contribution is 2.38. The van der Waals surface area contributed by atoms with E-state index in [1.54, 1.807) is 42.5 Å². The van der Waals surface area contributed by atoms with Crippen LogP contribution < -0.4 is 9.47 Å². The van der Waals surface area contributed by atoms with Gasteiger partial charge < -0.3 is 14.6 Å². The van der Waals surface area contributed by atoms with Crippen LogP contribution in [-0.2, 0) is 16.1 Å². The fraction of sp³-hybridized carbons (Fsp3) is 0.190. The lowest BCUT2D eigenvalue weighted by Gasteiger charge is -2.16. The molecule has 0 radical (unpaired) electrons. The van der Waals surface area contributed by atoms with Crippen molar-refractivity contribution in [3.8, 4) is 11.5 Å². The van der Waals surface area contributed by atoms with Gasteiger partial charge in [-0.3, -0.25) is 14.5 Å². The van der Waals surface area contributed by atoms with Crippen molar-refractivity contribution < 1.29 is 29.0 Å². The van der Waals surface area contributed by atoms with Crippen LogP contribution in [-0.4, -0.2) is 40.3 Å². The highest BCUT2D eigenvalue weighted by molar-refractivity contribution is 8.18. The van der Waals surface area contributed by atoms with Gasteiger partial charge in [0.25, 0.3) is 11.1 Å². The van der Waals surface area contributed by atoms with Crippen molar-refractivity contribution in [2.24, 2.45) is 0 Å². The quantitative estimate of drug-likeness (QED) is 0.627.